The lowest BCUT2D eigenvalue weighted by molar-refractivity contribution is -0.161. The van der Waals surface area contributed by atoms with E-state index in [2.05, 4.69) is 25.3 Å². The van der Waals surface area contributed by atoms with Crippen LogP contribution in [0.3, 0.4) is 0 Å². The van der Waals surface area contributed by atoms with Gasteiger partial charge in [0.25, 0.3) is 0 Å². The van der Waals surface area contributed by atoms with Crippen molar-refractivity contribution in [1.82, 2.24) is 0 Å². The Balaban J connectivity index is 4.28. The molecule has 0 amide bonds. The van der Waals surface area contributed by atoms with Crippen LogP contribution in [-0.4, -0.2) is 63.5 Å². The molecule has 0 bridgehead atoms. The Morgan fingerprint density at radius 2 is 1.21 bits per heavy atom. The van der Waals surface area contributed by atoms with Crippen LogP contribution >= 0.6 is 7.82 Å². The van der Waals surface area contributed by atoms with Gasteiger partial charge in [-0.25, -0.2) is 4.57 Å². The molecule has 0 aromatic heterocycles. The molecule has 0 saturated heterocycles. The van der Waals surface area contributed by atoms with Crippen molar-refractivity contribution < 1.29 is 48.2 Å². The molecule has 0 fully saturated rings. The zero-order chi connectivity index (χ0) is 35.2. The number of carbonyl (C=O) groups excluding carboxylic acids is 2. The standard InChI is InChI=1S/C36H63O10P/c1-4-5-16-23-32(37)24-18-13-9-7-10-14-19-25-33(38)26-21-28-35(39)44-29-34(30-45-47(41,42)43)46-36(40)27-20-15-11-6-8-12-17-22-31(2)3/h9-10,13-14,18-19,24-25,31-34,37-38H,4-8,11-12,15-17,20-23,26-30H2,1-3H3,(H2,41,42,43)/b13-9-,14-10-,24-18+,25-19+/t32-,33-,34+/m0/s1. The monoisotopic (exact) mass is 686 g/mol. The Hall–Kier alpha value is -2.07. The highest BCUT2D eigenvalue weighted by atomic mass is 31.2. The number of allylic oxidation sites excluding steroid dienone is 6. The summed E-state index contributed by atoms with van der Waals surface area (Å²) in [5, 5.41) is 20.0. The highest BCUT2D eigenvalue weighted by Gasteiger charge is 2.23. The second kappa shape index (κ2) is 30.0. The number of aliphatic hydroxyl groups is 2. The highest BCUT2D eigenvalue weighted by Crippen LogP contribution is 2.36. The van der Waals surface area contributed by atoms with Crippen LogP contribution in [-0.2, 0) is 28.2 Å². The third-order valence-electron chi connectivity index (χ3n) is 7.24. The highest BCUT2D eigenvalue weighted by molar-refractivity contribution is 7.46. The molecule has 10 nitrogen and oxygen atoms in total. The number of ether oxygens (including phenoxy) is 2. The van der Waals surface area contributed by atoms with Gasteiger partial charge in [0.05, 0.1) is 18.8 Å². The predicted octanol–water partition coefficient (Wildman–Crippen LogP) is 7.80. The fourth-order valence-corrected chi connectivity index (χ4v) is 4.89. The van der Waals surface area contributed by atoms with Crippen LogP contribution < -0.4 is 0 Å². The van der Waals surface area contributed by atoms with E-state index in [1.165, 1.54) is 25.7 Å². The van der Waals surface area contributed by atoms with Gasteiger partial charge in [0.15, 0.2) is 6.10 Å². The smallest absolute Gasteiger partial charge is 0.462 e. The molecule has 0 aromatic rings. The van der Waals surface area contributed by atoms with Crippen molar-refractivity contribution in [2.24, 2.45) is 5.92 Å². The van der Waals surface area contributed by atoms with Crippen molar-refractivity contribution in [2.45, 2.75) is 148 Å². The van der Waals surface area contributed by atoms with Gasteiger partial charge in [-0.2, -0.15) is 0 Å². The molecule has 0 spiro atoms. The van der Waals surface area contributed by atoms with Crippen molar-refractivity contribution in [3.63, 3.8) is 0 Å². The van der Waals surface area contributed by atoms with Gasteiger partial charge in [-0.1, -0.05) is 134 Å². The molecule has 4 N–H and O–H groups in total. The van der Waals surface area contributed by atoms with E-state index in [-0.39, 0.29) is 12.8 Å². The molecule has 0 heterocycles. The molecule has 0 aliphatic rings. The third-order valence-corrected chi connectivity index (χ3v) is 7.72. The first-order valence-electron chi connectivity index (χ1n) is 17.5. The lowest BCUT2D eigenvalue weighted by atomic mass is 10.0. The van der Waals surface area contributed by atoms with E-state index >= 15 is 0 Å². The molecule has 0 saturated carbocycles. The van der Waals surface area contributed by atoms with Gasteiger partial charge in [0.1, 0.15) is 6.61 Å². The van der Waals surface area contributed by atoms with Crippen LogP contribution in [0.2, 0.25) is 0 Å². The number of aliphatic hydroxyl groups excluding tert-OH is 2. The fourth-order valence-electron chi connectivity index (χ4n) is 4.53. The molecular formula is C36H63O10P. The molecule has 0 aliphatic heterocycles. The molecule has 272 valence electrons. The van der Waals surface area contributed by atoms with E-state index in [0.717, 1.165) is 50.9 Å². The van der Waals surface area contributed by atoms with Gasteiger partial charge in [0.2, 0.25) is 0 Å². The lowest BCUT2D eigenvalue weighted by Crippen LogP contribution is -2.29. The quantitative estimate of drug-likeness (QED) is 0.0254. The van der Waals surface area contributed by atoms with Crippen molar-refractivity contribution in [3.05, 3.63) is 48.6 Å². The maximum Gasteiger partial charge on any atom is 0.469 e. The van der Waals surface area contributed by atoms with Crippen molar-refractivity contribution in [1.29, 1.82) is 0 Å². The summed E-state index contributed by atoms with van der Waals surface area (Å²) in [4.78, 5) is 42.5. The molecule has 0 aromatic carbocycles. The first-order valence-corrected chi connectivity index (χ1v) is 19.0. The summed E-state index contributed by atoms with van der Waals surface area (Å²) >= 11 is 0. The Labute approximate surface area is 283 Å². The van der Waals surface area contributed by atoms with E-state index in [4.69, 9.17) is 19.3 Å². The van der Waals surface area contributed by atoms with Gasteiger partial charge in [-0.15, -0.1) is 0 Å². The normalized spacial score (nSPS) is 14.6. The second-order valence-electron chi connectivity index (χ2n) is 12.4. The SMILES string of the molecule is CCCCC[C@H](O)/C=C/C=C\C/C=C\C=C\[C@H](O)CCCC(=O)OC[C@H](COP(=O)(O)O)OC(=O)CCCCCCCCCC(C)C. The summed E-state index contributed by atoms with van der Waals surface area (Å²) in [7, 11) is -4.80. The molecule has 47 heavy (non-hydrogen) atoms. The largest absolute Gasteiger partial charge is 0.469 e. The molecule has 0 unspecified atom stereocenters. The van der Waals surface area contributed by atoms with Gasteiger partial charge in [-0.05, 0) is 38.0 Å². The van der Waals surface area contributed by atoms with E-state index in [9.17, 15) is 24.4 Å². The lowest BCUT2D eigenvalue weighted by Gasteiger charge is -2.18. The number of esters is 2. The van der Waals surface area contributed by atoms with Gasteiger partial charge in [-0.3, -0.25) is 14.1 Å². The summed E-state index contributed by atoms with van der Waals surface area (Å²) in [5.74, 6) is -0.390. The minimum atomic E-state index is -4.80. The molecule has 3 atom stereocenters. The summed E-state index contributed by atoms with van der Waals surface area (Å²) in [5.41, 5.74) is 0. The van der Waals surface area contributed by atoms with Gasteiger partial charge < -0.3 is 29.5 Å². The number of phosphoric ester groups is 1. The predicted molar refractivity (Wildman–Crippen MR) is 186 cm³/mol. The molecule has 0 radical (unpaired) electrons. The fraction of sp³-hybridized carbons (Fsp3) is 0.722. The zero-order valence-electron chi connectivity index (χ0n) is 29.0. The van der Waals surface area contributed by atoms with Crippen LogP contribution in [0, 0.1) is 5.92 Å². The minimum absolute atomic E-state index is 0.0177. The van der Waals surface area contributed by atoms with Crippen LogP contribution in [0.25, 0.3) is 0 Å². The topological polar surface area (TPSA) is 160 Å². The Morgan fingerprint density at radius 3 is 1.79 bits per heavy atom. The van der Waals surface area contributed by atoms with Crippen LogP contribution in [0.4, 0.5) is 0 Å². The Bertz CT molecular complexity index is 953. The second-order valence-corrected chi connectivity index (χ2v) is 13.6. The molecule has 0 aliphatic carbocycles. The number of carbonyl (C=O) groups is 2. The maximum atomic E-state index is 12.3. The van der Waals surface area contributed by atoms with Gasteiger partial charge in [0, 0.05) is 12.8 Å². The van der Waals surface area contributed by atoms with E-state index in [1.807, 2.05) is 30.4 Å². The van der Waals surface area contributed by atoms with Crippen molar-refractivity contribution in [3.8, 4) is 0 Å². The number of hydrogen-bond acceptors (Lipinski definition) is 8. The summed E-state index contributed by atoms with van der Waals surface area (Å²) in [6.45, 7) is 5.59. The number of hydrogen-bond donors (Lipinski definition) is 4. The van der Waals surface area contributed by atoms with Crippen LogP contribution in [0.15, 0.2) is 48.6 Å². The number of rotatable bonds is 30. The van der Waals surface area contributed by atoms with Crippen molar-refractivity contribution >= 4 is 19.8 Å². The first-order chi connectivity index (χ1) is 22.4. The molecule has 0 rings (SSSR count). The number of unbranched alkanes of at least 4 members (excludes halogenated alkanes) is 8. The van der Waals surface area contributed by atoms with Crippen LogP contribution in [0.1, 0.15) is 130 Å². The minimum Gasteiger partial charge on any atom is -0.462 e. The first kappa shape index (κ1) is 44.9. The maximum absolute atomic E-state index is 12.3. The summed E-state index contributed by atoms with van der Waals surface area (Å²) in [6.07, 6.45) is 26.5. The third kappa shape index (κ3) is 33.6. The molecule has 11 heteroatoms. The number of phosphoric acid groups is 1. The van der Waals surface area contributed by atoms with Crippen molar-refractivity contribution in [2.75, 3.05) is 13.2 Å². The van der Waals surface area contributed by atoms with Gasteiger partial charge >= 0.3 is 19.8 Å². The van der Waals surface area contributed by atoms with E-state index in [1.54, 1.807) is 18.2 Å². The Kier molecular flexibility index (Phi) is 28.7. The zero-order valence-corrected chi connectivity index (χ0v) is 29.9. The van der Waals surface area contributed by atoms with E-state index < -0.39 is 51.3 Å². The average molecular weight is 687 g/mol. The summed E-state index contributed by atoms with van der Waals surface area (Å²) < 4.78 is 26.1. The van der Waals surface area contributed by atoms with Crippen LogP contribution in [0.5, 0.6) is 0 Å². The summed E-state index contributed by atoms with van der Waals surface area (Å²) in [6, 6.07) is 0. The Morgan fingerprint density at radius 1 is 0.681 bits per heavy atom. The molecular weight excluding hydrogens is 623 g/mol. The average Bonchev–Trinajstić information content (AvgIpc) is 3.00. The van der Waals surface area contributed by atoms with E-state index in [0.29, 0.717) is 25.7 Å².